The Kier molecular flexibility index (Phi) is 28.1. The maximum atomic E-state index is 13.8. The van der Waals surface area contributed by atoms with Crippen molar-refractivity contribution in [2.45, 2.75) is 51.9 Å². The minimum absolute atomic E-state index is 0. The molecule has 0 bridgehead atoms. The van der Waals surface area contributed by atoms with E-state index >= 15 is 0 Å². The summed E-state index contributed by atoms with van der Waals surface area (Å²) >= 11 is 0. The fourth-order valence-electron chi connectivity index (χ4n) is 10.9. The summed E-state index contributed by atoms with van der Waals surface area (Å²) in [5, 5.41) is 77.3. The Morgan fingerprint density at radius 2 is 0.443 bits per heavy atom. The van der Waals surface area contributed by atoms with Gasteiger partial charge in [0.2, 0.25) is 0 Å². The first-order valence-electron chi connectivity index (χ1n) is 31.7. The van der Waals surface area contributed by atoms with Gasteiger partial charge in [0, 0.05) is 44.5 Å². The molecule has 0 aromatic heterocycles. The van der Waals surface area contributed by atoms with Crippen LogP contribution in [0.3, 0.4) is 0 Å². The SMILES string of the molecule is CC(NC(=O)c1cccc(C(=O)NCC[NH+](CCNC(=O)c2cccc(C(=O)NC(C)c3ccccc3)c2[O-])CC[NH+](CCNC(=O)c2cccc(C(=O)NC(C)c3ccccc3)c2[O-])CCNC(=O)c2cccc(C(=O)NC(C)c3ccccc3)c2[O-])c1[O-])c1ccccc1.[Dy+3]. The Morgan fingerprint density at radius 1 is 0.268 bits per heavy atom. The monoisotopic (exact) mass is 1460 g/mol. The summed E-state index contributed by atoms with van der Waals surface area (Å²) in [4.78, 5) is 110. The molecule has 8 rings (SSSR count). The van der Waals surface area contributed by atoms with Crippen molar-refractivity contribution >= 4 is 47.3 Å². The van der Waals surface area contributed by atoms with Crippen LogP contribution in [0.5, 0.6) is 23.0 Å². The number of carbonyl (C=O) groups excluding carboxylic acids is 8. The van der Waals surface area contributed by atoms with Crippen molar-refractivity contribution < 1.29 is 107 Å². The van der Waals surface area contributed by atoms with E-state index in [-0.39, 0.29) is 135 Å². The predicted octanol–water partition coefficient (Wildman–Crippen LogP) is 2.73. The van der Waals surface area contributed by atoms with Crippen LogP contribution in [0.1, 0.15) is 157 Å². The Labute approximate surface area is 593 Å². The van der Waals surface area contributed by atoms with Gasteiger partial charge >= 0.3 is 38.2 Å². The Bertz CT molecular complexity index is 3510. The second kappa shape index (κ2) is 36.7. The molecule has 0 heterocycles. The van der Waals surface area contributed by atoms with E-state index < -0.39 is 94.4 Å². The Morgan fingerprint density at radius 3 is 0.629 bits per heavy atom. The minimum Gasteiger partial charge on any atom is -0.871 e. The van der Waals surface area contributed by atoms with E-state index in [1.54, 1.807) is 27.7 Å². The summed E-state index contributed by atoms with van der Waals surface area (Å²) in [6.07, 6.45) is 0. The van der Waals surface area contributed by atoms with Gasteiger partial charge < -0.3 is 72.8 Å². The first-order valence-corrected chi connectivity index (χ1v) is 31.7. The standard InChI is InChI=1S/C74H80N10O12.Dy/c1-47(51-21-9-5-10-22-51)79-71(93)59-33-17-29-55(63(59)85)67(89)75-37-41-83(42-38-76-68(90)56-30-18-34-60(64(56)86)72(94)80-48(2)52-23-11-6-12-24-52)45-46-84(43-39-77-69(91)57-31-19-35-61(65(57)87)73(95)81-49(3)53-25-13-7-14-26-53)44-40-78-70(92)58-32-20-36-62(66(58)88)74(96)82-50(4)54-27-15-8-16-28-54;/h5-36,47-50,85-88H,37-46H2,1-4H3,(H,75,89)(H,76,90)(H,77,91)(H,78,92)(H,79,93)(H,80,94)(H,81,95)(H,82,96);/q;+3/p-2. The number of hydrogen-bond acceptors (Lipinski definition) is 12. The second-order valence-corrected chi connectivity index (χ2v) is 23.2. The van der Waals surface area contributed by atoms with Crippen LogP contribution in [-0.2, 0) is 0 Å². The average Bonchev–Trinajstić information content (AvgIpc) is 0.918. The van der Waals surface area contributed by atoms with Crippen LogP contribution in [0.25, 0.3) is 0 Å². The first-order chi connectivity index (χ1) is 46.3. The van der Waals surface area contributed by atoms with E-state index in [0.717, 1.165) is 32.1 Å². The van der Waals surface area contributed by atoms with E-state index in [2.05, 4.69) is 42.5 Å². The zero-order chi connectivity index (χ0) is 68.7. The molecule has 8 aromatic rings. The molecule has 0 fully saturated rings. The molecule has 0 aliphatic heterocycles. The molecule has 0 saturated heterocycles. The summed E-state index contributed by atoms with van der Waals surface area (Å²) in [7, 11) is 0. The van der Waals surface area contributed by atoms with Gasteiger partial charge in [-0.05, 0) is 49.9 Å². The number of benzene rings is 8. The van der Waals surface area contributed by atoms with Crippen LogP contribution in [0.2, 0.25) is 0 Å². The molecule has 0 saturated carbocycles. The second-order valence-electron chi connectivity index (χ2n) is 23.2. The van der Waals surface area contributed by atoms with Crippen molar-refractivity contribution in [1.82, 2.24) is 42.5 Å². The van der Waals surface area contributed by atoms with Crippen LogP contribution in [0.15, 0.2) is 194 Å². The molecular formula is C74H78DyN10O12+. The number of rotatable bonds is 31. The van der Waals surface area contributed by atoms with Gasteiger partial charge in [0.05, 0.1) is 76.5 Å². The minimum atomic E-state index is -0.778. The number of hydrogen-bond donors (Lipinski definition) is 10. The molecule has 1 radical (unpaired) electrons. The summed E-state index contributed by atoms with van der Waals surface area (Å²) < 4.78 is 0. The van der Waals surface area contributed by atoms with Crippen LogP contribution in [0.4, 0.5) is 0 Å². The van der Waals surface area contributed by atoms with E-state index in [1.165, 1.54) is 72.8 Å². The molecule has 10 N–H and O–H groups in total. The van der Waals surface area contributed by atoms with Crippen LogP contribution < -0.4 is 72.8 Å². The third kappa shape index (κ3) is 20.7. The van der Waals surface area contributed by atoms with Crippen LogP contribution in [0, 0.1) is 38.2 Å². The molecule has 505 valence electrons. The average molecular weight is 1460 g/mol. The third-order valence-electron chi connectivity index (χ3n) is 16.5. The van der Waals surface area contributed by atoms with E-state index in [0.29, 0.717) is 13.1 Å². The van der Waals surface area contributed by atoms with Gasteiger partial charge in [-0.25, -0.2) is 0 Å². The smallest absolute Gasteiger partial charge is 0.871 e. The van der Waals surface area contributed by atoms with Gasteiger partial charge in [-0.1, -0.05) is 217 Å². The third-order valence-corrected chi connectivity index (χ3v) is 16.5. The number of carbonyl (C=O) groups is 8. The molecule has 97 heavy (non-hydrogen) atoms. The summed E-state index contributed by atoms with van der Waals surface area (Å²) in [6.45, 7) is 8.33. The van der Waals surface area contributed by atoms with Crippen molar-refractivity contribution in [2.24, 2.45) is 0 Å². The molecule has 0 spiro atoms. The number of para-hydroxylation sites is 4. The Balaban J connectivity index is 0.0000133. The van der Waals surface area contributed by atoms with Crippen molar-refractivity contribution in [3.63, 3.8) is 0 Å². The van der Waals surface area contributed by atoms with Crippen LogP contribution >= 0.6 is 0 Å². The quantitative estimate of drug-likeness (QED) is 0.0300. The molecule has 8 amide bonds. The first kappa shape index (κ1) is 74.3. The van der Waals surface area contributed by atoms with E-state index in [4.69, 9.17) is 0 Å². The largest absolute Gasteiger partial charge is 3.00 e. The fraction of sp³-hybridized carbons (Fsp3) is 0.243. The fourth-order valence-corrected chi connectivity index (χ4v) is 10.9. The van der Waals surface area contributed by atoms with Crippen molar-refractivity contribution in [3.05, 3.63) is 261 Å². The zero-order valence-electron chi connectivity index (χ0n) is 54.1. The van der Waals surface area contributed by atoms with Gasteiger partial charge in [0.1, 0.15) is 13.1 Å². The summed E-state index contributed by atoms with van der Waals surface area (Å²) in [5.74, 6) is -8.75. The Hall–Kier alpha value is -10.1. The molecule has 0 aliphatic carbocycles. The van der Waals surface area contributed by atoms with E-state index in [1.807, 2.05) is 121 Å². The van der Waals surface area contributed by atoms with Gasteiger partial charge in [-0.3, -0.25) is 38.4 Å². The number of quaternary nitrogens is 2. The van der Waals surface area contributed by atoms with Gasteiger partial charge in [0.25, 0.3) is 47.3 Å². The van der Waals surface area contributed by atoms with E-state index in [9.17, 15) is 58.8 Å². The maximum absolute atomic E-state index is 13.8. The van der Waals surface area contributed by atoms with Crippen molar-refractivity contribution in [2.75, 3.05) is 65.4 Å². The van der Waals surface area contributed by atoms with Gasteiger partial charge in [-0.15, -0.1) is 0 Å². The molecule has 23 heteroatoms. The molecule has 4 atom stereocenters. The summed E-state index contributed by atoms with van der Waals surface area (Å²) in [5.41, 5.74) is 1.26. The van der Waals surface area contributed by atoms with Crippen molar-refractivity contribution in [1.29, 1.82) is 0 Å². The normalized spacial score (nSPS) is 12.7. The number of amides is 8. The summed E-state index contributed by atoms with van der Waals surface area (Å²) in [6, 6.07) is 51.2. The van der Waals surface area contributed by atoms with Crippen molar-refractivity contribution in [3.8, 4) is 23.0 Å². The molecule has 4 unspecified atom stereocenters. The van der Waals surface area contributed by atoms with Crippen LogP contribution in [-0.4, -0.2) is 113 Å². The van der Waals surface area contributed by atoms with Gasteiger partial charge in [-0.2, -0.15) is 0 Å². The topological polar surface area (TPSA) is 334 Å². The molecule has 0 aliphatic rings. The maximum Gasteiger partial charge on any atom is 3.00 e. The zero-order valence-corrected chi connectivity index (χ0v) is 56.1. The predicted molar refractivity (Wildman–Crippen MR) is 353 cm³/mol. The van der Waals surface area contributed by atoms with Gasteiger partial charge in [0.15, 0.2) is 0 Å². The molecular weight excluding hydrogens is 1380 g/mol. The molecule has 22 nitrogen and oxygen atoms in total. The number of nitrogens with one attached hydrogen (secondary N) is 10. The molecule has 8 aromatic carbocycles.